The Morgan fingerprint density at radius 1 is 1.00 bits per heavy atom. The van der Waals surface area contributed by atoms with E-state index in [0.717, 1.165) is 6.42 Å². The van der Waals surface area contributed by atoms with Crippen LogP contribution in [0.15, 0.2) is 0 Å². The summed E-state index contributed by atoms with van der Waals surface area (Å²) in [5.74, 6) is 0.0349. The fraction of sp³-hybridized carbons (Fsp3) is 0.929. The van der Waals surface area contributed by atoms with Gasteiger partial charge in [0.15, 0.2) is 0 Å². The first-order valence-electron chi connectivity index (χ1n) is 7.19. The van der Waals surface area contributed by atoms with Crippen LogP contribution in [0.25, 0.3) is 0 Å². The molecular weight excluding hydrogens is 262 g/mol. The second kappa shape index (κ2) is 14.7. The lowest BCUT2D eigenvalue weighted by Gasteiger charge is -2.09. The monoisotopic (exact) mass is 291 g/mol. The van der Waals surface area contributed by atoms with Crippen LogP contribution >= 0.6 is 0 Å². The first-order chi connectivity index (χ1) is 9.66. The molecule has 0 aromatic rings. The predicted molar refractivity (Wildman–Crippen MR) is 76.8 cm³/mol. The van der Waals surface area contributed by atoms with Crippen molar-refractivity contribution in [3.05, 3.63) is 0 Å². The van der Waals surface area contributed by atoms with Crippen LogP contribution < -0.4 is 5.32 Å². The molecule has 0 fully saturated rings. The van der Waals surface area contributed by atoms with Gasteiger partial charge in [-0.1, -0.05) is 0 Å². The Bertz CT molecular complexity index is 224. The third kappa shape index (κ3) is 15.4. The molecule has 20 heavy (non-hydrogen) atoms. The predicted octanol–water partition coefficient (Wildman–Crippen LogP) is 0.987. The van der Waals surface area contributed by atoms with Gasteiger partial charge in [-0.25, -0.2) is 0 Å². The molecule has 1 amide bonds. The summed E-state index contributed by atoms with van der Waals surface area (Å²) in [5.41, 5.74) is 0. The van der Waals surface area contributed by atoms with Gasteiger partial charge in [0.05, 0.1) is 39.1 Å². The molecule has 0 spiro atoms. The highest BCUT2D eigenvalue weighted by atomic mass is 16.5. The molecule has 120 valence electrons. The topological polar surface area (TPSA) is 66.0 Å². The fourth-order valence-electron chi connectivity index (χ4n) is 1.39. The number of amides is 1. The molecule has 0 aromatic heterocycles. The van der Waals surface area contributed by atoms with Crippen LogP contribution in [0, 0.1) is 0 Å². The Hall–Kier alpha value is -0.690. The minimum atomic E-state index is 0.0349. The van der Waals surface area contributed by atoms with Crippen molar-refractivity contribution in [3.63, 3.8) is 0 Å². The molecule has 6 heteroatoms. The van der Waals surface area contributed by atoms with Crippen molar-refractivity contribution in [1.29, 1.82) is 0 Å². The smallest absolute Gasteiger partial charge is 0.220 e. The highest BCUT2D eigenvalue weighted by Gasteiger charge is 1.99. The number of carbonyl (C=O) groups is 1. The Morgan fingerprint density at radius 2 is 1.65 bits per heavy atom. The second-order valence-corrected chi connectivity index (χ2v) is 4.59. The van der Waals surface area contributed by atoms with E-state index in [1.54, 1.807) is 7.11 Å². The van der Waals surface area contributed by atoms with E-state index >= 15 is 0 Å². The number of rotatable bonds is 14. The van der Waals surface area contributed by atoms with E-state index in [2.05, 4.69) is 5.32 Å². The van der Waals surface area contributed by atoms with Crippen molar-refractivity contribution in [3.8, 4) is 0 Å². The largest absolute Gasteiger partial charge is 0.385 e. The zero-order valence-electron chi connectivity index (χ0n) is 13.0. The van der Waals surface area contributed by atoms with E-state index in [1.807, 2.05) is 13.8 Å². The number of hydrogen-bond donors (Lipinski definition) is 1. The number of carbonyl (C=O) groups excluding carboxylic acids is 1. The van der Waals surface area contributed by atoms with Gasteiger partial charge in [0.2, 0.25) is 5.91 Å². The van der Waals surface area contributed by atoms with Gasteiger partial charge >= 0.3 is 0 Å². The van der Waals surface area contributed by atoms with Crippen molar-refractivity contribution >= 4 is 5.91 Å². The van der Waals surface area contributed by atoms with Crippen molar-refractivity contribution in [2.75, 3.05) is 53.3 Å². The molecule has 0 aromatic carbocycles. The number of ether oxygens (including phenoxy) is 4. The zero-order valence-corrected chi connectivity index (χ0v) is 13.0. The highest BCUT2D eigenvalue weighted by Crippen LogP contribution is 1.89. The van der Waals surface area contributed by atoms with Gasteiger partial charge in [-0.05, 0) is 20.3 Å². The normalized spacial score (nSPS) is 11.0. The summed E-state index contributed by atoms with van der Waals surface area (Å²) < 4.78 is 20.9. The molecule has 0 saturated heterocycles. The molecular formula is C14H29NO5. The average Bonchev–Trinajstić information content (AvgIpc) is 2.41. The van der Waals surface area contributed by atoms with Crippen molar-refractivity contribution in [2.45, 2.75) is 32.8 Å². The fourth-order valence-corrected chi connectivity index (χ4v) is 1.39. The van der Waals surface area contributed by atoms with Gasteiger partial charge in [-0.15, -0.1) is 0 Å². The van der Waals surface area contributed by atoms with E-state index in [0.29, 0.717) is 52.6 Å². The SMILES string of the molecule is COCCCC(=O)NCCOCCOCCOC(C)C. The van der Waals surface area contributed by atoms with E-state index in [9.17, 15) is 4.79 Å². The minimum absolute atomic E-state index is 0.0349. The third-order valence-corrected chi connectivity index (χ3v) is 2.37. The quantitative estimate of drug-likeness (QED) is 0.483. The molecule has 0 rings (SSSR count). The minimum Gasteiger partial charge on any atom is -0.385 e. The van der Waals surface area contributed by atoms with Crippen molar-refractivity contribution < 1.29 is 23.7 Å². The van der Waals surface area contributed by atoms with Crippen molar-refractivity contribution in [2.24, 2.45) is 0 Å². The summed E-state index contributed by atoms with van der Waals surface area (Å²) in [5, 5.41) is 2.78. The first-order valence-corrected chi connectivity index (χ1v) is 7.19. The maximum absolute atomic E-state index is 11.3. The molecule has 0 unspecified atom stereocenters. The molecule has 0 heterocycles. The van der Waals surface area contributed by atoms with Gasteiger partial charge in [-0.2, -0.15) is 0 Å². The molecule has 0 bridgehead atoms. The van der Waals surface area contributed by atoms with Crippen LogP contribution in [-0.4, -0.2) is 65.3 Å². The Labute approximate surface area is 122 Å². The average molecular weight is 291 g/mol. The summed E-state index contributed by atoms with van der Waals surface area (Å²) in [6.07, 6.45) is 1.48. The lowest BCUT2D eigenvalue weighted by atomic mass is 10.3. The summed E-state index contributed by atoms with van der Waals surface area (Å²) in [6.45, 7) is 7.89. The molecule has 0 aliphatic heterocycles. The lowest BCUT2D eigenvalue weighted by molar-refractivity contribution is -0.121. The number of nitrogens with one attached hydrogen (secondary N) is 1. The molecule has 6 nitrogen and oxygen atoms in total. The van der Waals surface area contributed by atoms with Gasteiger partial charge in [0.1, 0.15) is 0 Å². The zero-order chi connectivity index (χ0) is 15.1. The molecule has 0 radical (unpaired) electrons. The summed E-state index contributed by atoms with van der Waals surface area (Å²) in [4.78, 5) is 11.3. The van der Waals surface area contributed by atoms with Crippen molar-refractivity contribution in [1.82, 2.24) is 5.32 Å². The summed E-state index contributed by atoms with van der Waals surface area (Å²) in [6, 6.07) is 0. The summed E-state index contributed by atoms with van der Waals surface area (Å²) in [7, 11) is 1.63. The molecule has 0 saturated carbocycles. The Morgan fingerprint density at radius 3 is 2.30 bits per heavy atom. The van der Waals surface area contributed by atoms with E-state index in [1.165, 1.54) is 0 Å². The standard InChI is InChI=1S/C14H29NO5/c1-13(2)20-12-11-19-10-9-18-8-6-15-14(16)5-4-7-17-3/h13H,4-12H2,1-3H3,(H,15,16). The number of methoxy groups -OCH3 is 1. The van der Waals surface area contributed by atoms with Crippen LogP contribution in [0.2, 0.25) is 0 Å². The first kappa shape index (κ1) is 19.3. The number of hydrogen-bond acceptors (Lipinski definition) is 5. The van der Waals surface area contributed by atoms with Crippen LogP contribution in [0.3, 0.4) is 0 Å². The van der Waals surface area contributed by atoms with Crippen LogP contribution in [-0.2, 0) is 23.7 Å². The maximum Gasteiger partial charge on any atom is 0.220 e. The van der Waals surface area contributed by atoms with Crippen LogP contribution in [0.5, 0.6) is 0 Å². The van der Waals surface area contributed by atoms with Crippen LogP contribution in [0.4, 0.5) is 0 Å². The van der Waals surface area contributed by atoms with E-state index < -0.39 is 0 Å². The summed E-state index contributed by atoms with van der Waals surface area (Å²) >= 11 is 0. The van der Waals surface area contributed by atoms with Crippen LogP contribution in [0.1, 0.15) is 26.7 Å². The van der Waals surface area contributed by atoms with Gasteiger partial charge in [0, 0.05) is 26.7 Å². The highest BCUT2D eigenvalue weighted by molar-refractivity contribution is 5.75. The lowest BCUT2D eigenvalue weighted by Crippen LogP contribution is -2.27. The van der Waals surface area contributed by atoms with Gasteiger partial charge in [0.25, 0.3) is 0 Å². The van der Waals surface area contributed by atoms with Gasteiger partial charge < -0.3 is 24.3 Å². The van der Waals surface area contributed by atoms with Gasteiger partial charge in [-0.3, -0.25) is 4.79 Å². The molecule has 0 aliphatic carbocycles. The van der Waals surface area contributed by atoms with E-state index in [-0.39, 0.29) is 12.0 Å². The second-order valence-electron chi connectivity index (χ2n) is 4.59. The Balaban J connectivity index is 3.11. The third-order valence-electron chi connectivity index (χ3n) is 2.37. The maximum atomic E-state index is 11.3. The molecule has 0 aliphatic rings. The Kier molecular flexibility index (Phi) is 14.2. The van der Waals surface area contributed by atoms with E-state index in [4.69, 9.17) is 18.9 Å². The molecule has 0 atom stereocenters. The molecule has 1 N–H and O–H groups in total.